The van der Waals surface area contributed by atoms with Crippen molar-refractivity contribution in [2.24, 2.45) is 0 Å². The summed E-state index contributed by atoms with van der Waals surface area (Å²) in [6.07, 6.45) is 0. The van der Waals surface area contributed by atoms with Gasteiger partial charge in [-0.2, -0.15) is 0 Å². The first-order valence-electron chi connectivity index (χ1n) is 15.5. The Morgan fingerprint density at radius 2 is 0.822 bits per heavy atom. The van der Waals surface area contributed by atoms with Gasteiger partial charge in [0.15, 0.2) is 0 Å². The first-order valence-corrected chi connectivity index (χ1v) is 15.5. The highest BCUT2D eigenvalue weighted by Crippen LogP contribution is 2.47. The van der Waals surface area contributed by atoms with E-state index < -0.39 is 0 Å². The van der Waals surface area contributed by atoms with E-state index in [-0.39, 0.29) is 0 Å². The molecular weight excluding hydrogens is 542 g/mol. The number of rotatable bonds is 4. The molecule has 1 nitrogen and oxygen atoms in total. The van der Waals surface area contributed by atoms with Gasteiger partial charge in [-0.15, -0.1) is 0 Å². The van der Waals surface area contributed by atoms with Gasteiger partial charge in [-0.3, -0.25) is 0 Å². The summed E-state index contributed by atoms with van der Waals surface area (Å²) in [5.74, 6) is 0. The van der Waals surface area contributed by atoms with E-state index in [9.17, 15) is 0 Å². The van der Waals surface area contributed by atoms with E-state index in [1.165, 1.54) is 76.4 Å². The predicted molar refractivity (Wildman–Crippen MR) is 194 cm³/mol. The SMILES string of the molecule is c1ccc(-c2cccc(N(c3cc4ccccc4c4ccccc34)c3cc4ccc5ccccc5c4c4ccccc34)c2)cc1. The molecule has 9 aromatic rings. The molecule has 0 aliphatic heterocycles. The molecule has 0 bridgehead atoms. The van der Waals surface area contributed by atoms with Gasteiger partial charge >= 0.3 is 0 Å². The summed E-state index contributed by atoms with van der Waals surface area (Å²) in [5, 5.41) is 12.5. The summed E-state index contributed by atoms with van der Waals surface area (Å²) in [6, 6.07) is 64.1. The van der Waals surface area contributed by atoms with Crippen LogP contribution >= 0.6 is 0 Å². The van der Waals surface area contributed by atoms with Crippen LogP contribution in [0.1, 0.15) is 0 Å². The Labute approximate surface area is 262 Å². The van der Waals surface area contributed by atoms with Crippen molar-refractivity contribution in [2.45, 2.75) is 0 Å². The minimum atomic E-state index is 1.13. The third-order valence-electron chi connectivity index (χ3n) is 9.17. The van der Waals surface area contributed by atoms with Crippen LogP contribution < -0.4 is 4.90 Å². The van der Waals surface area contributed by atoms with Crippen molar-refractivity contribution >= 4 is 70.9 Å². The van der Waals surface area contributed by atoms with E-state index in [0.717, 1.165) is 5.69 Å². The average molecular weight is 572 g/mol. The topological polar surface area (TPSA) is 3.24 Å². The van der Waals surface area contributed by atoms with E-state index in [4.69, 9.17) is 0 Å². The van der Waals surface area contributed by atoms with Gasteiger partial charge in [-0.1, -0.05) is 152 Å². The number of fused-ring (bicyclic) bond motifs is 8. The Hall–Kier alpha value is -5.92. The van der Waals surface area contributed by atoms with Crippen molar-refractivity contribution in [1.82, 2.24) is 0 Å². The molecule has 0 saturated carbocycles. The molecule has 0 spiro atoms. The molecule has 0 fully saturated rings. The van der Waals surface area contributed by atoms with Crippen LogP contribution in [0.3, 0.4) is 0 Å². The van der Waals surface area contributed by atoms with Gasteiger partial charge in [-0.05, 0) is 78.5 Å². The highest BCUT2D eigenvalue weighted by atomic mass is 15.1. The lowest BCUT2D eigenvalue weighted by molar-refractivity contribution is 1.32. The van der Waals surface area contributed by atoms with Crippen molar-refractivity contribution < 1.29 is 0 Å². The molecule has 1 heteroatoms. The van der Waals surface area contributed by atoms with Crippen LogP contribution in [0.15, 0.2) is 176 Å². The fraction of sp³-hybridized carbons (Fsp3) is 0. The van der Waals surface area contributed by atoms with Crippen molar-refractivity contribution in [3.05, 3.63) is 176 Å². The second-order valence-corrected chi connectivity index (χ2v) is 11.7. The third-order valence-corrected chi connectivity index (χ3v) is 9.17. The first kappa shape index (κ1) is 25.6. The molecule has 9 aromatic carbocycles. The molecule has 0 aliphatic carbocycles. The number of hydrogen-bond acceptors (Lipinski definition) is 1. The molecule has 0 N–H and O–H groups in total. The second kappa shape index (κ2) is 10.4. The molecule has 0 aliphatic rings. The Kier molecular flexibility index (Phi) is 5.89. The van der Waals surface area contributed by atoms with Gasteiger partial charge in [0.05, 0.1) is 11.4 Å². The monoisotopic (exact) mass is 571 g/mol. The van der Waals surface area contributed by atoms with E-state index in [2.05, 4.69) is 181 Å². The number of anilines is 3. The fourth-order valence-electron chi connectivity index (χ4n) is 7.13. The van der Waals surface area contributed by atoms with Gasteiger partial charge in [-0.25, -0.2) is 0 Å². The quantitative estimate of drug-likeness (QED) is 0.190. The molecule has 9 rings (SSSR count). The van der Waals surface area contributed by atoms with Crippen molar-refractivity contribution in [3.8, 4) is 11.1 Å². The Bertz CT molecular complexity index is 2550. The lowest BCUT2D eigenvalue weighted by atomic mass is 9.93. The standard InChI is InChI=1S/C44H29N/c1-2-13-30(14-3-1)32-17-12-18-35(27-32)45(42-28-33-16-5-6-19-36(33)38-21-8-9-22-39(38)42)43-29-34-26-25-31-15-4-7-20-37(31)44(34)41-24-11-10-23-40(41)43/h1-29H. The predicted octanol–water partition coefficient (Wildman–Crippen LogP) is 12.6. The van der Waals surface area contributed by atoms with Crippen molar-refractivity contribution in [1.29, 1.82) is 0 Å². The first-order chi connectivity index (χ1) is 22.3. The molecule has 45 heavy (non-hydrogen) atoms. The van der Waals surface area contributed by atoms with Gasteiger partial charge in [0, 0.05) is 16.5 Å². The lowest BCUT2D eigenvalue weighted by Gasteiger charge is -2.30. The molecule has 0 saturated heterocycles. The molecule has 0 atom stereocenters. The van der Waals surface area contributed by atoms with Crippen LogP contribution in [0.4, 0.5) is 17.1 Å². The van der Waals surface area contributed by atoms with Gasteiger partial charge in [0.25, 0.3) is 0 Å². The molecule has 0 amide bonds. The van der Waals surface area contributed by atoms with Crippen LogP contribution in [-0.2, 0) is 0 Å². The second-order valence-electron chi connectivity index (χ2n) is 11.7. The van der Waals surface area contributed by atoms with E-state index in [1.54, 1.807) is 0 Å². The van der Waals surface area contributed by atoms with Crippen LogP contribution in [0.25, 0.3) is 65.0 Å². The van der Waals surface area contributed by atoms with E-state index >= 15 is 0 Å². The van der Waals surface area contributed by atoms with Crippen molar-refractivity contribution in [2.75, 3.05) is 4.90 Å². The third kappa shape index (κ3) is 4.17. The smallest absolute Gasteiger partial charge is 0.0546 e. The van der Waals surface area contributed by atoms with Crippen LogP contribution in [0.2, 0.25) is 0 Å². The maximum absolute atomic E-state index is 2.48. The number of hydrogen-bond donors (Lipinski definition) is 0. The van der Waals surface area contributed by atoms with Crippen LogP contribution in [0.5, 0.6) is 0 Å². The number of benzene rings is 9. The normalized spacial score (nSPS) is 11.6. The van der Waals surface area contributed by atoms with Gasteiger partial charge < -0.3 is 4.90 Å². The Balaban J connectivity index is 1.42. The summed E-state index contributed by atoms with van der Waals surface area (Å²) < 4.78 is 0. The maximum atomic E-state index is 2.48. The summed E-state index contributed by atoms with van der Waals surface area (Å²) >= 11 is 0. The molecule has 0 unspecified atom stereocenters. The lowest BCUT2D eigenvalue weighted by Crippen LogP contribution is -2.11. The van der Waals surface area contributed by atoms with Gasteiger partial charge in [0.2, 0.25) is 0 Å². The van der Waals surface area contributed by atoms with E-state index in [0.29, 0.717) is 0 Å². The largest absolute Gasteiger partial charge is 0.309 e. The minimum absolute atomic E-state index is 1.13. The molecule has 0 radical (unpaired) electrons. The highest BCUT2D eigenvalue weighted by Gasteiger charge is 2.21. The fourth-order valence-corrected chi connectivity index (χ4v) is 7.13. The highest BCUT2D eigenvalue weighted by molar-refractivity contribution is 6.24. The zero-order chi connectivity index (χ0) is 29.7. The van der Waals surface area contributed by atoms with Crippen molar-refractivity contribution in [3.63, 3.8) is 0 Å². The Morgan fingerprint density at radius 1 is 0.289 bits per heavy atom. The Morgan fingerprint density at radius 3 is 1.60 bits per heavy atom. The summed E-state index contributed by atoms with van der Waals surface area (Å²) in [5.41, 5.74) is 5.86. The average Bonchev–Trinajstić information content (AvgIpc) is 3.12. The maximum Gasteiger partial charge on any atom is 0.0546 e. The van der Waals surface area contributed by atoms with Crippen LogP contribution in [0, 0.1) is 0 Å². The van der Waals surface area contributed by atoms with Crippen LogP contribution in [-0.4, -0.2) is 0 Å². The number of nitrogens with zero attached hydrogens (tertiary/aromatic N) is 1. The summed E-state index contributed by atoms with van der Waals surface area (Å²) in [6.45, 7) is 0. The zero-order valence-electron chi connectivity index (χ0n) is 24.7. The summed E-state index contributed by atoms with van der Waals surface area (Å²) in [7, 11) is 0. The molecular formula is C44H29N. The van der Waals surface area contributed by atoms with E-state index in [1.807, 2.05) is 0 Å². The summed E-state index contributed by atoms with van der Waals surface area (Å²) in [4.78, 5) is 2.48. The minimum Gasteiger partial charge on any atom is -0.309 e. The zero-order valence-corrected chi connectivity index (χ0v) is 24.7. The molecule has 0 aromatic heterocycles. The molecule has 0 heterocycles. The van der Waals surface area contributed by atoms with Gasteiger partial charge in [0.1, 0.15) is 0 Å². The molecule has 210 valence electrons.